The van der Waals surface area contributed by atoms with E-state index in [-0.39, 0.29) is 17.3 Å². The molecule has 1 N–H and O–H groups in total. The molecule has 164 valence electrons. The number of hydrogen-bond acceptors (Lipinski definition) is 5. The molecule has 31 heavy (non-hydrogen) atoms. The van der Waals surface area contributed by atoms with Gasteiger partial charge in [-0.3, -0.25) is 4.79 Å². The van der Waals surface area contributed by atoms with Gasteiger partial charge in [-0.1, -0.05) is 43.3 Å². The van der Waals surface area contributed by atoms with Gasteiger partial charge in [-0.2, -0.15) is 4.31 Å². The lowest BCUT2D eigenvalue weighted by Gasteiger charge is -2.26. The highest BCUT2D eigenvalue weighted by molar-refractivity contribution is 7.99. The van der Waals surface area contributed by atoms with Crippen LogP contribution in [0.25, 0.3) is 11.0 Å². The average Bonchev–Trinajstić information content (AvgIpc) is 3.12. The summed E-state index contributed by atoms with van der Waals surface area (Å²) in [6, 6.07) is 14.2. The summed E-state index contributed by atoms with van der Waals surface area (Å²) in [5, 5.41) is 3.64. The van der Waals surface area contributed by atoms with E-state index in [1.54, 1.807) is 30.0 Å². The van der Waals surface area contributed by atoms with Crippen molar-refractivity contribution in [1.29, 1.82) is 0 Å². The molecule has 1 aromatic heterocycles. The van der Waals surface area contributed by atoms with Crippen molar-refractivity contribution in [3.63, 3.8) is 0 Å². The third-order valence-electron chi connectivity index (χ3n) is 5.27. The number of nitrogens with zero attached hydrogens (tertiary/aromatic N) is 3. The summed E-state index contributed by atoms with van der Waals surface area (Å²) in [5.74, 6) is 0.620. The maximum Gasteiger partial charge on any atom is 0.244 e. The highest BCUT2D eigenvalue weighted by Crippen LogP contribution is 2.25. The van der Waals surface area contributed by atoms with E-state index in [0.717, 1.165) is 41.2 Å². The standard InChI is InChI=1S/C22H26N4O3S2/c1-2-30-22-24-19-11-4-5-12-20(19)26(22)16-21(27)23-17-9-8-10-18(15-17)31(28,29)25-13-6-3-7-14-25/h4-5,8-12,15H,2-3,6-7,13-14,16H2,1H3,(H,23,27). The van der Waals surface area contributed by atoms with E-state index in [1.165, 1.54) is 10.4 Å². The number of anilines is 1. The largest absolute Gasteiger partial charge is 0.324 e. The molecule has 0 spiro atoms. The molecule has 0 saturated carbocycles. The molecule has 1 aliphatic heterocycles. The molecule has 0 unspecified atom stereocenters. The summed E-state index contributed by atoms with van der Waals surface area (Å²) in [5.41, 5.74) is 2.22. The molecule has 2 heterocycles. The van der Waals surface area contributed by atoms with Crippen molar-refractivity contribution in [2.45, 2.75) is 42.8 Å². The number of imidazole rings is 1. The number of sulfonamides is 1. The Labute approximate surface area is 186 Å². The second-order valence-corrected chi connectivity index (χ2v) is 10.6. The number of benzene rings is 2. The number of nitrogens with one attached hydrogen (secondary N) is 1. The molecule has 0 aliphatic carbocycles. The quantitative estimate of drug-likeness (QED) is 0.542. The second kappa shape index (κ2) is 9.42. The Kier molecular flexibility index (Phi) is 6.64. The van der Waals surface area contributed by atoms with Crippen molar-refractivity contribution in [3.8, 4) is 0 Å². The molecule has 1 fully saturated rings. The van der Waals surface area contributed by atoms with Crippen molar-refractivity contribution in [2.24, 2.45) is 0 Å². The lowest BCUT2D eigenvalue weighted by Crippen LogP contribution is -2.35. The van der Waals surface area contributed by atoms with E-state index in [1.807, 2.05) is 35.8 Å². The minimum atomic E-state index is -3.55. The molecule has 0 atom stereocenters. The second-order valence-electron chi connectivity index (χ2n) is 7.44. The van der Waals surface area contributed by atoms with Gasteiger partial charge in [0.2, 0.25) is 15.9 Å². The van der Waals surface area contributed by atoms with Crippen LogP contribution in [0.3, 0.4) is 0 Å². The van der Waals surface area contributed by atoms with Crippen LogP contribution >= 0.6 is 11.8 Å². The van der Waals surface area contributed by atoms with Gasteiger partial charge in [-0.15, -0.1) is 0 Å². The number of thioether (sulfide) groups is 1. The first-order valence-electron chi connectivity index (χ1n) is 10.5. The third kappa shape index (κ3) is 4.78. The van der Waals surface area contributed by atoms with Crippen molar-refractivity contribution >= 4 is 44.4 Å². The van der Waals surface area contributed by atoms with Crippen molar-refractivity contribution in [2.75, 3.05) is 24.2 Å². The number of rotatable bonds is 7. The molecular formula is C22H26N4O3S2. The first-order valence-corrected chi connectivity index (χ1v) is 12.9. The van der Waals surface area contributed by atoms with Gasteiger partial charge in [-0.05, 0) is 48.9 Å². The fourth-order valence-corrected chi connectivity index (χ4v) is 6.08. The van der Waals surface area contributed by atoms with Gasteiger partial charge in [0.15, 0.2) is 5.16 Å². The first kappa shape index (κ1) is 21.9. The highest BCUT2D eigenvalue weighted by Gasteiger charge is 2.26. The number of carbonyl (C=O) groups excluding carboxylic acids is 1. The summed E-state index contributed by atoms with van der Waals surface area (Å²) in [7, 11) is -3.55. The van der Waals surface area contributed by atoms with Gasteiger partial charge in [0, 0.05) is 18.8 Å². The molecule has 7 nitrogen and oxygen atoms in total. The Bertz CT molecular complexity index is 1180. The van der Waals surface area contributed by atoms with E-state index < -0.39 is 10.0 Å². The average molecular weight is 459 g/mol. The van der Waals surface area contributed by atoms with Crippen LogP contribution in [0.1, 0.15) is 26.2 Å². The Morgan fingerprint density at radius 2 is 1.87 bits per heavy atom. The normalized spacial score (nSPS) is 15.3. The Hall–Kier alpha value is -2.36. The van der Waals surface area contributed by atoms with E-state index in [2.05, 4.69) is 10.3 Å². The summed E-state index contributed by atoms with van der Waals surface area (Å²) in [6.07, 6.45) is 2.82. The van der Waals surface area contributed by atoms with Gasteiger partial charge in [0.05, 0.1) is 15.9 Å². The van der Waals surface area contributed by atoms with Crippen molar-refractivity contribution in [3.05, 3.63) is 48.5 Å². The van der Waals surface area contributed by atoms with Crippen LogP contribution in [0.5, 0.6) is 0 Å². The lowest BCUT2D eigenvalue weighted by molar-refractivity contribution is -0.116. The van der Waals surface area contributed by atoms with Gasteiger partial charge in [-0.25, -0.2) is 13.4 Å². The fraction of sp³-hybridized carbons (Fsp3) is 0.364. The molecule has 1 amide bonds. The number of carbonyl (C=O) groups is 1. The third-order valence-corrected chi connectivity index (χ3v) is 8.02. The maximum atomic E-state index is 12.9. The van der Waals surface area contributed by atoms with Gasteiger partial charge in [0.25, 0.3) is 0 Å². The molecular weight excluding hydrogens is 432 g/mol. The predicted octanol–water partition coefficient (Wildman–Crippen LogP) is 3.96. The van der Waals surface area contributed by atoms with Crippen molar-refractivity contribution < 1.29 is 13.2 Å². The van der Waals surface area contributed by atoms with Crippen LogP contribution in [-0.2, 0) is 21.4 Å². The minimum absolute atomic E-state index is 0.103. The molecule has 1 saturated heterocycles. The van der Waals surface area contributed by atoms with Gasteiger partial charge < -0.3 is 9.88 Å². The van der Waals surface area contributed by atoms with E-state index in [0.29, 0.717) is 18.8 Å². The Morgan fingerprint density at radius 3 is 2.65 bits per heavy atom. The Morgan fingerprint density at radius 1 is 1.10 bits per heavy atom. The van der Waals surface area contributed by atoms with Crippen LogP contribution in [0.15, 0.2) is 58.6 Å². The number of para-hydroxylation sites is 2. The zero-order chi connectivity index (χ0) is 21.8. The van der Waals surface area contributed by atoms with Crippen molar-refractivity contribution in [1.82, 2.24) is 13.9 Å². The maximum absolute atomic E-state index is 12.9. The van der Waals surface area contributed by atoms with E-state index >= 15 is 0 Å². The molecule has 4 rings (SSSR count). The smallest absolute Gasteiger partial charge is 0.244 e. The molecule has 0 bridgehead atoms. The van der Waals surface area contributed by atoms with Gasteiger partial charge >= 0.3 is 0 Å². The Balaban J connectivity index is 1.53. The molecule has 3 aromatic rings. The summed E-state index contributed by atoms with van der Waals surface area (Å²) < 4.78 is 29.3. The fourth-order valence-electron chi connectivity index (χ4n) is 3.78. The van der Waals surface area contributed by atoms with E-state index in [9.17, 15) is 13.2 Å². The van der Waals surface area contributed by atoms with Crippen LogP contribution in [0.4, 0.5) is 5.69 Å². The molecule has 1 aliphatic rings. The monoisotopic (exact) mass is 458 g/mol. The zero-order valence-electron chi connectivity index (χ0n) is 17.5. The summed E-state index contributed by atoms with van der Waals surface area (Å²) >= 11 is 1.58. The number of amides is 1. The predicted molar refractivity (Wildman–Crippen MR) is 124 cm³/mol. The SMILES string of the molecule is CCSc1nc2ccccc2n1CC(=O)Nc1cccc(S(=O)(=O)N2CCCCC2)c1. The topological polar surface area (TPSA) is 84.3 Å². The molecule has 2 aromatic carbocycles. The number of piperidine rings is 1. The lowest BCUT2D eigenvalue weighted by atomic mass is 10.2. The van der Waals surface area contributed by atoms with E-state index in [4.69, 9.17) is 0 Å². The zero-order valence-corrected chi connectivity index (χ0v) is 19.1. The first-order chi connectivity index (χ1) is 15.0. The van der Waals surface area contributed by atoms with Crippen LogP contribution in [0.2, 0.25) is 0 Å². The molecule has 0 radical (unpaired) electrons. The number of fused-ring (bicyclic) bond motifs is 1. The van der Waals surface area contributed by atoms with Crippen LogP contribution < -0.4 is 5.32 Å². The highest BCUT2D eigenvalue weighted by atomic mass is 32.2. The summed E-state index contributed by atoms with van der Waals surface area (Å²) in [4.78, 5) is 17.6. The van der Waals surface area contributed by atoms with Crippen LogP contribution in [0, 0.1) is 0 Å². The minimum Gasteiger partial charge on any atom is -0.324 e. The van der Waals surface area contributed by atoms with Crippen LogP contribution in [-0.4, -0.2) is 47.0 Å². The van der Waals surface area contributed by atoms with Gasteiger partial charge in [0.1, 0.15) is 6.54 Å². The number of hydrogen-bond donors (Lipinski definition) is 1. The summed E-state index contributed by atoms with van der Waals surface area (Å²) in [6.45, 7) is 3.24. The molecule has 9 heteroatoms. The number of aromatic nitrogens is 2.